The van der Waals surface area contributed by atoms with Crippen molar-refractivity contribution in [2.24, 2.45) is 0 Å². The van der Waals surface area contributed by atoms with Crippen molar-refractivity contribution in [2.75, 3.05) is 26.7 Å². The van der Waals surface area contributed by atoms with E-state index in [0.717, 1.165) is 19.0 Å². The standard InChI is InChI=1S/C14H22N2/c1-16(12-14-8-5-10-15-14)11-9-13-6-3-2-4-7-13/h2-4,6-7,14-15H,5,8-12H2,1H3. The van der Waals surface area contributed by atoms with Crippen LogP contribution in [0.2, 0.25) is 0 Å². The molecule has 2 nitrogen and oxygen atoms in total. The van der Waals surface area contributed by atoms with Crippen LogP contribution in [0.1, 0.15) is 18.4 Å². The molecule has 0 spiro atoms. The van der Waals surface area contributed by atoms with Crippen LogP contribution in [-0.2, 0) is 6.42 Å². The molecule has 1 aromatic rings. The van der Waals surface area contributed by atoms with Crippen molar-refractivity contribution in [3.63, 3.8) is 0 Å². The summed E-state index contributed by atoms with van der Waals surface area (Å²) in [6, 6.07) is 11.5. The van der Waals surface area contributed by atoms with Gasteiger partial charge in [0, 0.05) is 19.1 Å². The number of nitrogens with zero attached hydrogens (tertiary/aromatic N) is 1. The van der Waals surface area contributed by atoms with Crippen LogP contribution in [-0.4, -0.2) is 37.6 Å². The van der Waals surface area contributed by atoms with Gasteiger partial charge in [0.1, 0.15) is 0 Å². The Labute approximate surface area is 98.7 Å². The van der Waals surface area contributed by atoms with Crippen LogP contribution in [0.5, 0.6) is 0 Å². The predicted octanol–water partition coefficient (Wildman–Crippen LogP) is 1.91. The van der Waals surface area contributed by atoms with Crippen molar-refractivity contribution < 1.29 is 0 Å². The molecule has 0 amide bonds. The first kappa shape index (κ1) is 11.6. The first-order valence-corrected chi connectivity index (χ1v) is 6.30. The molecule has 0 bridgehead atoms. The molecule has 0 aromatic heterocycles. The number of likely N-dealkylation sites (N-methyl/N-ethyl adjacent to an activating group) is 1. The summed E-state index contributed by atoms with van der Waals surface area (Å²) in [4.78, 5) is 2.44. The minimum absolute atomic E-state index is 0.723. The van der Waals surface area contributed by atoms with Crippen molar-refractivity contribution in [2.45, 2.75) is 25.3 Å². The fourth-order valence-corrected chi connectivity index (χ4v) is 2.34. The lowest BCUT2D eigenvalue weighted by Gasteiger charge is -2.20. The van der Waals surface area contributed by atoms with E-state index in [4.69, 9.17) is 0 Å². The smallest absolute Gasteiger partial charge is 0.0195 e. The Bertz CT molecular complexity index is 291. The van der Waals surface area contributed by atoms with E-state index >= 15 is 0 Å². The molecule has 2 rings (SSSR count). The molecular weight excluding hydrogens is 196 g/mol. The molecular formula is C14H22N2. The van der Waals surface area contributed by atoms with Crippen LogP contribution in [0.25, 0.3) is 0 Å². The van der Waals surface area contributed by atoms with Crippen molar-refractivity contribution in [1.29, 1.82) is 0 Å². The van der Waals surface area contributed by atoms with Gasteiger partial charge in [-0.05, 0) is 38.4 Å². The monoisotopic (exact) mass is 218 g/mol. The molecule has 0 saturated carbocycles. The Hall–Kier alpha value is -0.860. The van der Waals surface area contributed by atoms with Gasteiger partial charge < -0.3 is 10.2 Å². The van der Waals surface area contributed by atoms with E-state index in [1.165, 1.54) is 31.5 Å². The molecule has 1 heterocycles. The molecule has 1 aliphatic rings. The van der Waals surface area contributed by atoms with Crippen LogP contribution in [0.15, 0.2) is 30.3 Å². The molecule has 1 fully saturated rings. The van der Waals surface area contributed by atoms with Crippen LogP contribution in [0.4, 0.5) is 0 Å². The van der Waals surface area contributed by atoms with Gasteiger partial charge in [-0.2, -0.15) is 0 Å². The minimum atomic E-state index is 0.723. The highest BCUT2D eigenvalue weighted by Gasteiger charge is 2.15. The lowest BCUT2D eigenvalue weighted by molar-refractivity contribution is 0.304. The Balaban J connectivity index is 1.69. The number of hydrogen-bond acceptors (Lipinski definition) is 2. The lowest BCUT2D eigenvalue weighted by atomic mass is 10.1. The van der Waals surface area contributed by atoms with Gasteiger partial charge in [0.15, 0.2) is 0 Å². The summed E-state index contributed by atoms with van der Waals surface area (Å²) in [5.74, 6) is 0. The zero-order valence-electron chi connectivity index (χ0n) is 10.2. The van der Waals surface area contributed by atoms with Crippen LogP contribution >= 0.6 is 0 Å². The molecule has 0 aliphatic carbocycles. The van der Waals surface area contributed by atoms with Crippen molar-refractivity contribution >= 4 is 0 Å². The summed E-state index contributed by atoms with van der Waals surface area (Å²) in [6.45, 7) is 3.55. The summed E-state index contributed by atoms with van der Waals surface area (Å²) in [5.41, 5.74) is 1.44. The zero-order valence-corrected chi connectivity index (χ0v) is 10.2. The first-order chi connectivity index (χ1) is 7.84. The average molecular weight is 218 g/mol. The number of nitrogens with one attached hydrogen (secondary N) is 1. The first-order valence-electron chi connectivity index (χ1n) is 6.30. The second kappa shape index (κ2) is 6.02. The SMILES string of the molecule is CN(CCc1ccccc1)CC1CCCN1. The van der Waals surface area contributed by atoms with Gasteiger partial charge in [-0.3, -0.25) is 0 Å². The van der Waals surface area contributed by atoms with Gasteiger partial charge in [0.2, 0.25) is 0 Å². The van der Waals surface area contributed by atoms with Gasteiger partial charge in [-0.25, -0.2) is 0 Å². The Kier molecular flexibility index (Phi) is 4.37. The van der Waals surface area contributed by atoms with Gasteiger partial charge in [0.05, 0.1) is 0 Å². The molecule has 0 radical (unpaired) electrons. The van der Waals surface area contributed by atoms with Gasteiger partial charge >= 0.3 is 0 Å². The van der Waals surface area contributed by atoms with Crippen molar-refractivity contribution in [3.8, 4) is 0 Å². The molecule has 2 heteroatoms. The van der Waals surface area contributed by atoms with Gasteiger partial charge in [-0.15, -0.1) is 0 Å². The maximum Gasteiger partial charge on any atom is 0.0195 e. The maximum atomic E-state index is 3.54. The number of rotatable bonds is 5. The summed E-state index contributed by atoms with van der Waals surface area (Å²) >= 11 is 0. The van der Waals surface area contributed by atoms with Crippen LogP contribution < -0.4 is 5.32 Å². The van der Waals surface area contributed by atoms with E-state index in [9.17, 15) is 0 Å². The second-order valence-electron chi connectivity index (χ2n) is 4.79. The summed E-state index contributed by atoms with van der Waals surface area (Å²) in [5, 5.41) is 3.54. The molecule has 16 heavy (non-hydrogen) atoms. The fraction of sp³-hybridized carbons (Fsp3) is 0.571. The topological polar surface area (TPSA) is 15.3 Å². The highest BCUT2D eigenvalue weighted by atomic mass is 15.1. The highest BCUT2D eigenvalue weighted by Crippen LogP contribution is 2.07. The summed E-state index contributed by atoms with van der Waals surface area (Å²) in [6.07, 6.45) is 3.84. The largest absolute Gasteiger partial charge is 0.313 e. The lowest BCUT2D eigenvalue weighted by Crippen LogP contribution is -2.36. The molecule has 1 atom stereocenters. The highest BCUT2D eigenvalue weighted by molar-refractivity contribution is 5.14. The summed E-state index contributed by atoms with van der Waals surface area (Å²) in [7, 11) is 2.23. The average Bonchev–Trinajstić information content (AvgIpc) is 2.81. The molecule has 1 unspecified atom stereocenters. The number of hydrogen-bond donors (Lipinski definition) is 1. The van der Waals surface area contributed by atoms with E-state index in [2.05, 4.69) is 47.6 Å². The zero-order chi connectivity index (χ0) is 11.2. The maximum absolute atomic E-state index is 3.54. The Morgan fingerprint density at radius 1 is 1.31 bits per heavy atom. The molecule has 88 valence electrons. The van der Waals surface area contributed by atoms with E-state index in [-0.39, 0.29) is 0 Å². The fourth-order valence-electron chi connectivity index (χ4n) is 2.34. The van der Waals surface area contributed by atoms with E-state index in [1.807, 2.05) is 0 Å². The van der Waals surface area contributed by atoms with E-state index < -0.39 is 0 Å². The van der Waals surface area contributed by atoms with E-state index in [0.29, 0.717) is 0 Å². The predicted molar refractivity (Wildman–Crippen MR) is 68.7 cm³/mol. The third-order valence-corrected chi connectivity index (χ3v) is 3.32. The van der Waals surface area contributed by atoms with Crippen molar-refractivity contribution in [3.05, 3.63) is 35.9 Å². The third-order valence-electron chi connectivity index (χ3n) is 3.32. The van der Waals surface area contributed by atoms with Crippen molar-refractivity contribution in [1.82, 2.24) is 10.2 Å². The van der Waals surface area contributed by atoms with Crippen LogP contribution in [0, 0.1) is 0 Å². The quantitative estimate of drug-likeness (QED) is 0.812. The number of benzene rings is 1. The Morgan fingerprint density at radius 3 is 2.81 bits per heavy atom. The molecule has 1 aromatic carbocycles. The molecule has 1 saturated heterocycles. The van der Waals surface area contributed by atoms with E-state index in [1.54, 1.807) is 0 Å². The summed E-state index contributed by atoms with van der Waals surface area (Å²) < 4.78 is 0. The molecule has 1 N–H and O–H groups in total. The normalized spacial score (nSPS) is 20.5. The van der Waals surface area contributed by atoms with Gasteiger partial charge in [0.25, 0.3) is 0 Å². The second-order valence-corrected chi connectivity index (χ2v) is 4.79. The molecule has 1 aliphatic heterocycles. The third kappa shape index (κ3) is 3.62. The Morgan fingerprint density at radius 2 is 2.12 bits per heavy atom. The van der Waals surface area contributed by atoms with Crippen LogP contribution in [0.3, 0.4) is 0 Å². The van der Waals surface area contributed by atoms with Gasteiger partial charge in [-0.1, -0.05) is 30.3 Å². The minimum Gasteiger partial charge on any atom is -0.313 e.